The SMILES string of the molecule is CC(C)c1ccc(C(c2ccc(C3CCCCC3)cc2)c2c3ccc(C(C)(C)C)cc3c(C(c3ccc(C(C)C)cc3)c3ccc(C4CCCCC4)cc3)c3ccc(C(C)(C)C)cc23)cc1. The Hall–Kier alpha value is -4.94. The second-order valence-corrected chi connectivity index (χ2v) is 23.4. The summed E-state index contributed by atoms with van der Waals surface area (Å²) < 4.78 is 0. The van der Waals surface area contributed by atoms with Crippen LogP contribution in [0, 0.1) is 0 Å². The molecule has 2 aliphatic carbocycles. The number of hydrogen-bond donors (Lipinski definition) is 0. The molecule has 66 heavy (non-hydrogen) atoms. The summed E-state index contributed by atoms with van der Waals surface area (Å²) in [6.07, 6.45) is 13.4. The Morgan fingerprint density at radius 3 is 0.909 bits per heavy atom. The van der Waals surface area contributed by atoms with Crippen LogP contribution in [0.1, 0.15) is 236 Å². The molecule has 0 aromatic heterocycles. The first-order valence-corrected chi connectivity index (χ1v) is 26.1. The van der Waals surface area contributed by atoms with Crippen molar-refractivity contribution in [3.63, 3.8) is 0 Å². The molecule has 7 aromatic carbocycles. The molecule has 342 valence electrons. The topological polar surface area (TPSA) is 0 Å². The van der Waals surface area contributed by atoms with Crippen LogP contribution >= 0.6 is 0 Å². The molecule has 9 rings (SSSR count). The van der Waals surface area contributed by atoms with E-state index in [9.17, 15) is 0 Å². The fourth-order valence-electron chi connectivity index (χ4n) is 11.8. The van der Waals surface area contributed by atoms with Crippen molar-refractivity contribution in [2.24, 2.45) is 0 Å². The Labute approximate surface area is 399 Å². The summed E-state index contributed by atoms with van der Waals surface area (Å²) in [7, 11) is 0. The van der Waals surface area contributed by atoms with Crippen molar-refractivity contribution in [2.45, 2.75) is 180 Å². The standard InChI is InChI=1S/C66H78/c1-43(2)45-21-29-51(30-22-45)61(53-33-25-49(26-34-53)47-17-13-11-14-18-47)63-57-39-37-56(66(8,9)10)42-60(57)64(58-40-38-55(41-59(58)63)65(5,6)7)62(52-31-23-46(24-32-52)44(3)4)54-35-27-50(28-36-54)48-19-15-12-16-20-48/h21-44,47-48,61-62H,11-20H2,1-10H3. The Morgan fingerprint density at radius 1 is 0.333 bits per heavy atom. The van der Waals surface area contributed by atoms with Crippen LogP contribution in [-0.4, -0.2) is 0 Å². The molecule has 0 nitrogen and oxygen atoms in total. The summed E-state index contributed by atoms with van der Waals surface area (Å²) >= 11 is 0. The van der Waals surface area contributed by atoms with Gasteiger partial charge in [0.1, 0.15) is 0 Å². The van der Waals surface area contributed by atoms with Gasteiger partial charge in [-0.1, -0.05) is 241 Å². The highest BCUT2D eigenvalue weighted by atomic mass is 14.3. The minimum Gasteiger partial charge on any atom is -0.0587 e. The lowest BCUT2D eigenvalue weighted by molar-refractivity contribution is 0.443. The van der Waals surface area contributed by atoms with Gasteiger partial charge in [-0.3, -0.25) is 0 Å². The third-order valence-corrected chi connectivity index (χ3v) is 16.1. The van der Waals surface area contributed by atoms with E-state index in [1.54, 1.807) is 0 Å². The van der Waals surface area contributed by atoms with E-state index in [1.807, 2.05) is 0 Å². The van der Waals surface area contributed by atoms with Crippen molar-refractivity contribution in [2.75, 3.05) is 0 Å². The molecule has 0 N–H and O–H groups in total. The van der Waals surface area contributed by atoms with Gasteiger partial charge in [0.25, 0.3) is 0 Å². The van der Waals surface area contributed by atoms with E-state index in [1.165, 1.54) is 153 Å². The van der Waals surface area contributed by atoms with Gasteiger partial charge in [0.05, 0.1) is 0 Å². The van der Waals surface area contributed by atoms with Gasteiger partial charge in [-0.05, 0) is 148 Å². The van der Waals surface area contributed by atoms with Gasteiger partial charge in [0.2, 0.25) is 0 Å². The van der Waals surface area contributed by atoms with Gasteiger partial charge in [-0.15, -0.1) is 0 Å². The van der Waals surface area contributed by atoms with Crippen molar-refractivity contribution >= 4 is 21.5 Å². The lowest BCUT2D eigenvalue weighted by Gasteiger charge is -2.31. The van der Waals surface area contributed by atoms with Crippen LogP contribution in [0.5, 0.6) is 0 Å². The van der Waals surface area contributed by atoms with Crippen molar-refractivity contribution in [3.05, 3.63) is 200 Å². The molecule has 7 aromatic rings. The van der Waals surface area contributed by atoms with Crippen LogP contribution in [0.15, 0.2) is 133 Å². The summed E-state index contributed by atoms with van der Waals surface area (Å²) in [5.74, 6) is 2.38. The third kappa shape index (κ3) is 9.46. The first-order chi connectivity index (χ1) is 31.7. The summed E-state index contributed by atoms with van der Waals surface area (Å²) in [6, 6.07) is 54.5. The number of fused-ring (bicyclic) bond motifs is 2. The molecule has 0 radical (unpaired) electrons. The minimum atomic E-state index is -0.0201. The highest BCUT2D eigenvalue weighted by Gasteiger charge is 2.31. The van der Waals surface area contributed by atoms with E-state index < -0.39 is 0 Å². The van der Waals surface area contributed by atoms with E-state index in [0.717, 1.165) is 0 Å². The normalized spacial score (nSPS) is 16.7. The largest absolute Gasteiger partial charge is 0.0587 e. The van der Waals surface area contributed by atoms with Gasteiger partial charge >= 0.3 is 0 Å². The Balaban J connectivity index is 1.37. The molecule has 2 aliphatic rings. The number of hydrogen-bond acceptors (Lipinski definition) is 0. The highest BCUT2D eigenvalue weighted by molar-refractivity contribution is 6.08. The molecule has 0 heterocycles. The molecule has 2 unspecified atom stereocenters. The molecule has 0 bridgehead atoms. The fourth-order valence-corrected chi connectivity index (χ4v) is 11.8. The summed E-state index contributed by atoms with van der Waals surface area (Å²) in [4.78, 5) is 0. The summed E-state index contributed by atoms with van der Waals surface area (Å²) in [5, 5.41) is 5.50. The van der Waals surface area contributed by atoms with E-state index in [-0.39, 0.29) is 22.7 Å². The zero-order valence-electron chi connectivity index (χ0n) is 42.2. The minimum absolute atomic E-state index is 0.0201. The Bertz CT molecular complexity index is 2540. The van der Waals surface area contributed by atoms with Crippen LogP contribution in [0.25, 0.3) is 21.5 Å². The van der Waals surface area contributed by atoms with Crippen LogP contribution in [-0.2, 0) is 10.8 Å². The van der Waals surface area contributed by atoms with Crippen molar-refractivity contribution < 1.29 is 0 Å². The highest BCUT2D eigenvalue weighted by Crippen LogP contribution is 2.50. The van der Waals surface area contributed by atoms with Crippen LogP contribution < -0.4 is 0 Å². The second-order valence-electron chi connectivity index (χ2n) is 23.4. The Kier molecular flexibility index (Phi) is 13.3. The van der Waals surface area contributed by atoms with Gasteiger partial charge in [0, 0.05) is 11.8 Å². The Morgan fingerprint density at radius 2 is 0.621 bits per heavy atom. The van der Waals surface area contributed by atoms with Crippen molar-refractivity contribution in [1.29, 1.82) is 0 Å². The predicted octanol–water partition coefficient (Wildman–Crippen LogP) is 19.3. The molecular formula is C66H78. The van der Waals surface area contributed by atoms with Gasteiger partial charge in [0.15, 0.2) is 0 Å². The van der Waals surface area contributed by atoms with E-state index in [4.69, 9.17) is 0 Å². The zero-order chi connectivity index (χ0) is 46.3. The summed E-state index contributed by atoms with van der Waals surface area (Å²) in [6.45, 7) is 23.5. The van der Waals surface area contributed by atoms with E-state index >= 15 is 0 Å². The van der Waals surface area contributed by atoms with Crippen molar-refractivity contribution in [1.82, 2.24) is 0 Å². The molecule has 0 saturated heterocycles. The van der Waals surface area contributed by atoms with Gasteiger partial charge < -0.3 is 0 Å². The van der Waals surface area contributed by atoms with Crippen molar-refractivity contribution in [3.8, 4) is 0 Å². The number of benzene rings is 7. The maximum atomic E-state index is 2.60. The average molecular weight is 871 g/mol. The lowest BCUT2D eigenvalue weighted by atomic mass is 9.72. The quantitative estimate of drug-likeness (QED) is 0.0949. The van der Waals surface area contributed by atoms with Gasteiger partial charge in [-0.2, -0.15) is 0 Å². The van der Waals surface area contributed by atoms with Gasteiger partial charge in [-0.25, -0.2) is 0 Å². The first-order valence-electron chi connectivity index (χ1n) is 26.1. The molecule has 0 spiro atoms. The smallest absolute Gasteiger partial charge is 0.0352 e. The monoisotopic (exact) mass is 871 g/mol. The molecular weight excluding hydrogens is 793 g/mol. The molecule has 2 fully saturated rings. The van der Waals surface area contributed by atoms with Crippen LogP contribution in [0.2, 0.25) is 0 Å². The molecule has 0 aliphatic heterocycles. The van der Waals surface area contributed by atoms with Crippen LogP contribution in [0.3, 0.4) is 0 Å². The fraction of sp³-hybridized carbons (Fsp3) is 0.424. The predicted molar refractivity (Wildman–Crippen MR) is 286 cm³/mol. The molecule has 2 saturated carbocycles. The van der Waals surface area contributed by atoms with E-state index in [0.29, 0.717) is 23.7 Å². The second kappa shape index (κ2) is 19.0. The first kappa shape index (κ1) is 46.2. The summed E-state index contributed by atoms with van der Waals surface area (Å²) in [5.41, 5.74) is 16.9. The average Bonchev–Trinajstić information content (AvgIpc) is 3.32. The maximum Gasteiger partial charge on any atom is 0.0352 e. The zero-order valence-corrected chi connectivity index (χ0v) is 42.2. The molecule has 0 heteroatoms. The number of rotatable bonds is 10. The maximum absolute atomic E-state index is 2.60. The third-order valence-electron chi connectivity index (χ3n) is 16.1. The van der Waals surface area contributed by atoms with Crippen LogP contribution in [0.4, 0.5) is 0 Å². The molecule has 2 atom stereocenters. The molecule has 0 amide bonds. The lowest BCUT2D eigenvalue weighted by Crippen LogP contribution is -2.15. The van der Waals surface area contributed by atoms with E-state index in [2.05, 4.69) is 203 Å².